The maximum atomic E-state index is 3.84. The summed E-state index contributed by atoms with van der Waals surface area (Å²) < 4.78 is 0. The van der Waals surface area contributed by atoms with Gasteiger partial charge in [0.25, 0.3) is 0 Å². The van der Waals surface area contributed by atoms with Gasteiger partial charge in [-0.2, -0.15) is 0 Å². The SMILES string of the molecule is CCN1CCCC(C(C)NCC2CCN(C)CC2)C1. The van der Waals surface area contributed by atoms with Gasteiger partial charge in [0.05, 0.1) is 0 Å². The number of piperidine rings is 2. The first-order chi connectivity index (χ1) is 9.19. The molecular formula is C16H33N3. The van der Waals surface area contributed by atoms with Crippen LogP contribution >= 0.6 is 0 Å². The zero-order valence-electron chi connectivity index (χ0n) is 13.2. The van der Waals surface area contributed by atoms with E-state index in [2.05, 4.69) is 36.0 Å². The highest BCUT2D eigenvalue weighted by molar-refractivity contribution is 4.81. The topological polar surface area (TPSA) is 18.5 Å². The van der Waals surface area contributed by atoms with Gasteiger partial charge in [0.15, 0.2) is 0 Å². The summed E-state index contributed by atoms with van der Waals surface area (Å²) >= 11 is 0. The van der Waals surface area contributed by atoms with Gasteiger partial charge in [0.2, 0.25) is 0 Å². The van der Waals surface area contributed by atoms with E-state index < -0.39 is 0 Å². The summed E-state index contributed by atoms with van der Waals surface area (Å²) in [7, 11) is 2.24. The Kier molecular flexibility index (Phi) is 6.11. The van der Waals surface area contributed by atoms with Crippen molar-refractivity contribution in [2.24, 2.45) is 11.8 Å². The Labute approximate surface area is 119 Å². The minimum Gasteiger partial charge on any atom is -0.314 e. The van der Waals surface area contributed by atoms with E-state index in [0.717, 1.165) is 11.8 Å². The van der Waals surface area contributed by atoms with Crippen LogP contribution in [0.2, 0.25) is 0 Å². The van der Waals surface area contributed by atoms with Crippen molar-refractivity contribution >= 4 is 0 Å². The van der Waals surface area contributed by atoms with E-state index in [4.69, 9.17) is 0 Å². The molecular weight excluding hydrogens is 234 g/mol. The summed E-state index contributed by atoms with van der Waals surface area (Å²) in [5.41, 5.74) is 0. The van der Waals surface area contributed by atoms with E-state index in [1.165, 1.54) is 65.0 Å². The van der Waals surface area contributed by atoms with Crippen molar-refractivity contribution in [3.63, 3.8) is 0 Å². The minimum atomic E-state index is 0.689. The molecule has 3 nitrogen and oxygen atoms in total. The summed E-state index contributed by atoms with van der Waals surface area (Å²) in [6.45, 7) is 12.3. The second-order valence-corrected chi connectivity index (χ2v) is 6.74. The van der Waals surface area contributed by atoms with Gasteiger partial charge in [-0.05, 0) is 84.2 Å². The van der Waals surface area contributed by atoms with Gasteiger partial charge in [0, 0.05) is 12.6 Å². The molecule has 0 aromatic heterocycles. The molecule has 0 aromatic rings. The molecule has 0 amide bonds. The van der Waals surface area contributed by atoms with Crippen molar-refractivity contribution in [1.82, 2.24) is 15.1 Å². The maximum absolute atomic E-state index is 3.84. The lowest BCUT2D eigenvalue weighted by Gasteiger charge is -2.36. The van der Waals surface area contributed by atoms with Crippen LogP contribution in [0.1, 0.15) is 39.5 Å². The zero-order chi connectivity index (χ0) is 13.7. The number of hydrogen-bond donors (Lipinski definition) is 1. The lowest BCUT2D eigenvalue weighted by Crippen LogP contribution is -2.46. The summed E-state index contributed by atoms with van der Waals surface area (Å²) in [5, 5.41) is 3.84. The lowest BCUT2D eigenvalue weighted by molar-refractivity contribution is 0.150. The average Bonchev–Trinajstić information content (AvgIpc) is 2.46. The molecule has 2 unspecified atom stereocenters. The van der Waals surface area contributed by atoms with Gasteiger partial charge >= 0.3 is 0 Å². The quantitative estimate of drug-likeness (QED) is 0.822. The minimum absolute atomic E-state index is 0.689. The third-order valence-corrected chi connectivity index (χ3v) is 5.26. The molecule has 0 aliphatic carbocycles. The Morgan fingerprint density at radius 2 is 1.89 bits per heavy atom. The van der Waals surface area contributed by atoms with Crippen LogP contribution in [0.25, 0.3) is 0 Å². The first-order valence-electron chi connectivity index (χ1n) is 8.33. The Hall–Kier alpha value is -0.120. The fourth-order valence-electron chi connectivity index (χ4n) is 3.57. The van der Waals surface area contributed by atoms with Crippen molar-refractivity contribution in [2.45, 2.75) is 45.6 Å². The highest BCUT2D eigenvalue weighted by Gasteiger charge is 2.24. The number of nitrogens with zero attached hydrogens (tertiary/aromatic N) is 2. The van der Waals surface area contributed by atoms with Crippen molar-refractivity contribution in [2.75, 3.05) is 46.3 Å². The number of hydrogen-bond acceptors (Lipinski definition) is 3. The Morgan fingerprint density at radius 3 is 2.58 bits per heavy atom. The fourth-order valence-corrected chi connectivity index (χ4v) is 3.57. The van der Waals surface area contributed by atoms with E-state index in [-0.39, 0.29) is 0 Å². The van der Waals surface area contributed by atoms with Gasteiger partial charge in [0.1, 0.15) is 0 Å². The molecule has 2 aliphatic heterocycles. The van der Waals surface area contributed by atoms with Crippen LogP contribution in [0, 0.1) is 11.8 Å². The third kappa shape index (κ3) is 4.73. The molecule has 19 heavy (non-hydrogen) atoms. The second-order valence-electron chi connectivity index (χ2n) is 6.74. The van der Waals surface area contributed by atoms with E-state index in [0.29, 0.717) is 6.04 Å². The summed E-state index contributed by atoms with van der Waals surface area (Å²) in [5.74, 6) is 1.77. The van der Waals surface area contributed by atoms with Crippen molar-refractivity contribution in [1.29, 1.82) is 0 Å². The van der Waals surface area contributed by atoms with Crippen molar-refractivity contribution in [3.05, 3.63) is 0 Å². The summed E-state index contributed by atoms with van der Waals surface area (Å²) in [4.78, 5) is 5.07. The maximum Gasteiger partial charge on any atom is 0.00793 e. The molecule has 0 bridgehead atoms. The van der Waals surface area contributed by atoms with Crippen LogP contribution in [-0.2, 0) is 0 Å². The Morgan fingerprint density at radius 1 is 1.16 bits per heavy atom. The van der Waals surface area contributed by atoms with Crippen molar-refractivity contribution in [3.8, 4) is 0 Å². The molecule has 0 saturated carbocycles. The average molecular weight is 267 g/mol. The van der Waals surface area contributed by atoms with Gasteiger partial charge in [-0.25, -0.2) is 0 Å². The molecule has 2 fully saturated rings. The van der Waals surface area contributed by atoms with Crippen LogP contribution in [0.4, 0.5) is 0 Å². The van der Waals surface area contributed by atoms with Crippen molar-refractivity contribution < 1.29 is 0 Å². The summed E-state index contributed by atoms with van der Waals surface area (Å²) in [6.07, 6.45) is 5.56. The third-order valence-electron chi connectivity index (χ3n) is 5.26. The van der Waals surface area contributed by atoms with E-state index >= 15 is 0 Å². The normalized spacial score (nSPS) is 29.5. The Balaban J connectivity index is 1.67. The molecule has 0 spiro atoms. The predicted molar refractivity (Wildman–Crippen MR) is 82.5 cm³/mol. The first-order valence-corrected chi connectivity index (χ1v) is 8.33. The highest BCUT2D eigenvalue weighted by Crippen LogP contribution is 2.20. The molecule has 2 rings (SSSR count). The van der Waals surface area contributed by atoms with Gasteiger partial charge in [-0.3, -0.25) is 0 Å². The molecule has 112 valence electrons. The molecule has 2 saturated heterocycles. The largest absolute Gasteiger partial charge is 0.314 e. The van der Waals surface area contributed by atoms with Crippen LogP contribution < -0.4 is 5.32 Å². The Bertz CT molecular complexity index is 248. The summed E-state index contributed by atoms with van der Waals surface area (Å²) in [6, 6.07) is 0.689. The monoisotopic (exact) mass is 267 g/mol. The molecule has 0 radical (unpaired) electrons. The van der Waals surface area contributed by atoms with Gasteiger partial charge < -0.3 is 15.1 Å². The van der Waals surface area contributed by atoms with Crippen LogP contribution in [0.3, 0.4) is 0 Å². The molecule has 1 N–H and O–H groups in total. The molecule has 2 atom stereocenters. The van der Waals surface area contributed by atoms with Gasteiger partial charge in [-0.15, -0.1) is 0 Å². The fraction of sp³-hybridized carbons (Fsp3) is 1.00. The molecule has 2 aliphatic rings. The lowest BCUT2D eigenvalue weighted by atomic mass is 9.90. The van der Waals surface area contributed by atoms with E-state index in [9.17, 15) is 0 Å². The van der Waals surface area contributed by atoms with E-state index in [1.807, 2.05) is 0 Å². The number of nitrogens with one attached hydrogen (secondary N) is 1. The zero-order valence-corrected chi connectivity index (χ0v) is 13.2. The molecule has 3 heteroatoms. The predicted octanol–water partition coefficient (Wildman–Crippen LogP) is 2.04. The standard InChI is InChI=1S/C16H33N3/c1-4-19-9-5-6-16(13-19)14(2)17-12-15-7-10-18(3)11-8-15/h14-17H,4-13H2,1-3H3. The van der Waals surface area contributed by atoms with E-state index in [1.54, 1.807) is 0 Å². The number of rotatable bonds is 5. The highest BCUT2D eigenvalue weighted by atomic mass is 15.1. The van der Waals surface area contributed by atoms with Crippen LogP contribution in [0.5, 0.6) is 0 Å². The number of likely N-dealkylation sites (tertiary alicyclic amines) is 2. The molecule has 0 aromatic carbocycles. The van der Waals surface area contributed by atoms with Gasteiger partial charge in [-0.1, -0.05) is 6.92 Å². The molecule has 2 heterocycles. The smallest absolute Gasteiger partial charge is 0.00793 e. The second kappa shape index (κ2) is 7.61. The van der Waals surface area contributed by atoms with Crippen LogP contribution in [-0.4, -0.2) is 62.2 Å². The first kappa shape index (κ1) is 15.3. The van der Waals surface area contributed by atoms with Crippen LogP contribution in [0.15, 0.2) is 0 Å².